The van der Waals surface area contributed by atoms with Crippen molar-refractivity contribution in [1.29, 1.82) is 0 Å². The van der Waals surface area contributed by atoms with E-state index >= 15 is 0 Å². The highest BCUT2D eigenvalue weighted by molar-refractivity contribution is 5.21. The van der Waals surface area contributed by atoms with Crippen molar-refractivity contribution < 1.29 is 0 Å². The molecule has 2 atom stereocenters. The third-order valence-electron chi connectivity index (χ3n) is 3.32. The predicted octanol–water partition coefficient (Wildman–Crippen LogP) is 3.40. The van der Waals surface area contributed by atoms with Gasteiger partial charge in [-0.25, -0.2) is 0 Å². The summed E-state index contributed by atoms with van der Waals surface area (Å²) in [7, 11) is 0. The van der Waals surface area contributed by atoms with E-state index in [-0.39, 0.29) is 0 Å². The summed E-state index contributed by atoms with van der Waals surface area (Å²) in [5.74, 6) is 3.57. The summed E-state index contributed by atoms with van der Waals surface area (Å²) in [6.45, 7) is 8.48. The van der Waals surface area contributed by atoms with Gasteiger partial charge in [0.15, 0.2) is 0 Å². The van der Waals surface area contributed by atoms with Crippen LogP contribution in [0.25, 0.3) is 0 Å². The zero-order valence-corrected chi connectivity index (χ0v) is 8.14. The van der Waals surface area contributed by atoms with Gasteiger partial charge in [0, 0.05) is 0 Å². The topological polar surface area (TPSA) is 0 Å². The van der Waals surface area contributed by atoms with Crippen LogP contribution in [0, 0.1) is 23.7 Å². The van der Waals surface area contributed by atoms with Crippen LogP contribution in [0.2, 0.25) is 0 Å². The molecule has 0 amide bonds. The molecule has 2 aliphatic carbocycles. The molecule has 2 unspecified atom stereocenters. The third-order valence-corrected chi connectivity index (χ3v) is 3.32. The van der Waals surface area contributed by atoms with Crippen molar-refractivity contribution >= 4 is 0 Å². The van der Waals surface area contributed by atoms with Gasteiger partial charge in [-0.3, -0.25) is 0 Å². The van der Waals surface area contributed by atoms with Crippen molar-refractivity contribution in [3.8, 4) is 0 Å². The summed E-state index contributed by atoms with van der Waals surface area (Å²) in [5.41, 5.74) is 4.74. The molecular formula is C12H18. The molecule has 0 bridgehead atoms. The lowest BCUT2D eigenvalue weighted by atomic mass is 10.0. The molecule has 2 fully saturated rings. The van der Waals surface area contributed by atoms with Crippen LogP contribution in [-0.4, -0.2) is 0 Å². The number of rotatable bonds is 3. The SMILES string of the molecule is C=C=C(C1CC1)C1CC1C(C)C. The minimum absolute atomic E-state index is 0.858. The second-order valence-corrected chi connectivity index (χ2v) is 4.66. The van der Waals surface area contributed by atoms with Crippen LogP contribution in [-0.2, 0) is 0 Å². The van der Waals surface area contributed by atoms with Gasteiger partial charge >= 0.3 is 0 Å². The quantitative estimate of drug-likeness (QED) is 0.558. The van der Waals surface area contributed by atoms with Gasteiger partial charge in [0.1, 0.15) is 0 Å². The molecule has 66 valence electrons. The van der Waals surface area contributed by atoms with E-state index in [1.54, 1.807) is 5.57 Å². The fourth-order valence-corrected chi connectivity index (χ4v) is 2.28. The van der Waals surface area contributed by atoms with E-state index in [0.717, 1.165) is 23.7 Å². The molecule has 0 aromatic carbocycles. The Hall–Kier alpha value is -0.480. The normalized spacial score (nSPS) is 33.2. The lowest BCUT2D eigenvalue weighted by Crippen LogP contribution is -1.96. The summed E-state index contributed by atoms with van der Waals surface area (Å²) >= 11 is 0. The molecule has 0 radical (unpaired) electrons. The Labute approximate surface area is 75.4 Å². The molecule has 2 saturated carbocycles. The van der Waals surface area contributed by atoms with E-state index in [0.29, 0.717) is 0 Å². The molecule has 0 heteroatoms. The first kappa shape index (κ1) is 8.13. The average Bonchev–Trinajstić information content (AvgIpc) is 2.81. The Morgan fingerprint density at radius 3 is 2.42 bits per heavy atom. The first-order valence-electron chi connectivity index (χ1n) is 5.14. The van der Waals surface area contributed by atoms with Gasteiger partial charge in [0.25, 0.3) is 0 Å². The second-order valence-electron chi connectivity index (χ2n) is 4.66. The summed E-state index contributed by atoms with van der Waals surface area (Å²) in [6, 6.07) is 0. The molecule has 0 nitrogen and oxygen atoms in total. The summed E-state index contributed by atoms with van der Waals surface area (Å²) < 4.78 is 0. The van der Waals surface area contributed by atoms with Crippen LogP contribution < -0.4 is 0 Å². The van der Waals surface area contributed by atoms with Crippen LogP contribution in [0.5, 0.6) is 0 Å². The Morgan fingerprint density at radius 2 is 2.08 bits per heavy atom. The van der Waals surface area contributed by atoms with Crippen molar-refractivity contribution in [2.75, 3.05) is 0 Å². The molecule has 0 aromatic heterocycles. The minimum Gasteiger partial charge on any atom is -0.129 e. The van der Waals surface area contributed by atoms with Gasteiger partial charge in [-0.2, -0.15) is 0 Å². The molecule has 0 aliphatic heterocycles. The highest BCUT2D eigenvalue weighted by Gasteiger charge is 2.45. The summed E-state index contributed by atoms with van der Waals surface area (Å²) in [4.78, 5) is 0. The molecule has 2 aliphatic rings. The van der Waals surface area contributed by atoms with Crippen molar-refractivity contribution in [1.82, 2.24) is 0 Å². The van der Waals surface area contributed by atoms with Gasteiger partial charge in [-0.1, -0.05) is 20.4 Å². The molecule has 0 heterocycles. The van der Waals surface area contributed by atoms with Gasteiger partial charge in [0.2, 0.25) is 0 Å². The lowest BCUT2D eigenvalue weighted by molar-refractivity contribution is 0.531. The van der Waals surface area contributed by atoms with E-state index in [1.165, 1.54) is 19.3 Å². The van der Waals surface area contributed by atoms with E-state index in [4.69, 9.17) is 0 Å². The first-order chi connectivity index (χ1) is 5.74. The zero-order valence-electron chi connectivity index (χ0n) is 8.14. The van der Waals surface area contributed by atoms with Crippen molar-refractivity contribution in [2.45, 2.75) is 33.1 Å². The Kier molecular flexibility index (Phi) is 1.88. The maximum atomic E-state index is 3.82. The fourth-order valence-electron chi connectivity index (χ4n) is 2.28. The van der Waals surface area contributed by atoms with Crippen LogP contribution >= 0.6 is 0 Å². The van der Waals surface area contributed by atoms with Gasteiger partial charge < -0.3 is 0 Å². The molecule has 0 spiro atoms. The first-order valence-corrected chi connectivity index (χ1v) is 5.14. The largest absolute Gasteiger partial charge is 0.129 e. The average molecular weight is 162 g/mol. The summed E-state index contributed by atoms with van der Waals surface area (Å²) in [5, 5.41) is 0. The Balaban J connectivity index is 1.98. The maximum Gasteiger partial charge on any atom is -0.00906 e. The smallest absolute Gasteiger partial charge is 0.00906 e. The minimum atomic E-state index is 0.858. The van der Waals surface area contributed by atoms with Gasteiger partial charge in [0.05, 0.1) is 0 Å². The zero-order chi connectivity index (χ0) is 8.72. The van der Waals surface area contributed by atoms with E-state index in [2.05, 4.69) is 26.2 Å². The van der Waals surface area contributed by atoms with Crippen LogP contribution in [0.4, 0.5) is 0 Å². The van der Waals surface area contributed by atoms with Crippen molar-refractivity contribution in [2.24, 2.45) is 23.7 Å². The molecule has 0 saturated heterocycles. The molecular weight excluding hydrogens is 144 g/mol. The van der Waals surface area contributed by atoms with Crippen LogP contribution in [0.15, 0.2) is 17.9 Å². The fraction of sp³-hybridized carbons (Fsp3) is 0.750. The van der Waals surface area contributed by atoms with E-state index < -0.39 is 0 Å². The monoisotopic (exact) mass is 162 g/mol. The van der Waals surface area contributed by atoms with E-state index in [9.17, 15) is 0 Å². The van der Waals surface area contributed by atoms with Crippen molar-refractivity contribution in [3.63, 3.8) is 0 Å². The standard InChI is InChI=1S/C12H18/c1-4-10(9-5-6-9)12-7-11(12)8(2)3/h8-9,11-12H,1,5-7H2,2-3H3. The Morgan fingerprint density at radius 1 is 1.42 bits per heavy atom. The second kappa shape index (κ2) is 2.78. The Bertz CT molecular complexity index is 226. The molecule has 0 N–H and O–H groups in total. The lowest BCUT2D eigenvalue weighted by Gasteiger charge is -2.04. The van der Waals surface area contributed by atoms with Crippen molar-refractivity contribution in [3.05, 3.63) is 17.9 Å². The molecule has 2 rings (SSSR count). The van der Waals surface area contributed by atoms with E-state index in [1.807, 2.05) is 0 Å². The van der Waals surface area contributed by atoms with Crippen LogP contribution in [0.1, 0.15) is 33.1 Å². The van der Waals surface area contributed by atoms with Crippen LogP contribution in [0.3, 0.4) is 0 Å². The van der Waals surface area contributed by atoms with Gasteiger partial charge in [-0.15, -0.1) is 5.73 Å². The highest BCUT2D eigenvalue weighted by Crippen LogP contribution is 2.54. The number of hydrogen-bond donors (Lipinski definition) is 0. The maximum absolute atomic E-state index is 3.82. The third kappa shape index (κ3) is 1.36. The summed E-state index contributed by atoms with van der Waals surface area (Å²) in [6.07, 6.45) is 4.21. The highest BCUT2D eigenvalue weighted by atomic mass is 14.5. The number of allylic oxidation sites excluding steroid dienone is 1. The molecule has 0 aromatic rings. The van der Waals surface area contributed by atoms with Gasteiger partial charge in [-0.05, 0) is 48.5 Å². The predicted molar refractivity (Wildman–Crippen MR) is 51.8 cm³/mol. The molecule has 12 heavy (non-hydrogen) atoms. The number of hydrogen-bond acceptors (Lipinski definition) is 0.